The molecule has 4 heteroatoms. The first-order valence-corrected chi connectivity index (χ1v) is 7.14. The fourth-order valence-corrected chi connectivity index (χ4v) is 2.30. The molecule has 0 aliphatic rings. The number of carbonyl (C=O) groups is 1. The van der Waals surface area contributed by atoms with Crippen molar-refractivity contribution in [3.63, 3.8) is 0 Å². The lowest BCUT2D eigenvalue weighted by Crippen LogP contribution is -2.14. The van der Waals surface area contributed by atoms with Gasteiger partial charge in [0.2, 0.25) is 0 Å². The molecule has 1 N–H and O–H groups in total. The topological polar surface area (TPSA) is 52.9 Å². The van der Waals surface area contributed by atoms with Gasteiger partial charge in [-0.05, 0) is 42.3 Å². The van der Waals surface area contributed by atoms with E-state index in [1.807, 2.05) is 55.5 Å². The summed E-state index contributed by atoms with van der Waals surface area (Å²) in [5.74, 6) is -0.410. The number of benzene rings is 2. The van der Waals surface area contributed by atoms with Gasteiger partial charge in [0.05, 0.1) is 0 Å². The minimum Gasteiger partial charge on any atom is -0.321 e. The lowest BCUT2D eigenvalue weighted by atomic mass is 10.1. The van der Waals surface area contributed by atoms with Crippen LogP contribution >= 0.6 is 15.9 Å². The number of anilines is 1. The molecule has 0 saturated carbocycles. The highest BCUT2D eigenvalue weighted by molar-refractivity contribution is 9.10. The van der Waals surface area contributed by atoms with Crippen molar-refractivity contribution in [3.8, 4) is 6.07 Å². The number of hydrogen-bond donors (Lipinski definition) is 1. The predicted octanol–water partition coefficient (Wildman–Crippen LogP) is 4.30. The van der Waals surface area contributed by atoms with Gasteiger partial charge in [0, 0.05) is 10.2 Å². The van der Waals surface area contributed by atoms with Gasteiger partial charge in [0.1, 0.15) is 11.6 Å². The second-order valence-corrected chi connectivity index (χ2v) is 5.41. The standard InChI is InChI=1S/C17H13BrN2O/c1-12-9-15(18)7-8-16(12)20-17(21)14(11-19)10-13-5-3-2-4-6-13/h2-10H,1H3,(H,20,21)/b14-10+. The Morgan fingerprint density at radius 1 is 1.24 bits per heavy atom. The molecule has 0 aliphatic carbocycles. The van der Waals surface area contributed by atoms with E-state index in [1.165, 1.54) is 0 Å². The van der Waals surface area contributed by atoms with Gasteiger partial charge in [-0.2, -0.15) is 5.26 Å². The quantitative estimate of drug-likeness (QED) is 0.668. The highest BCUT2D eigenvalue weighted by atomic mass is 79.9. The van der Waals surface area contributed by atoms with Crippen molar-refractivity contribution >= 4 is 33.6 Å². The molecule has 2 aromatic rings. The van der Waals surface area contributed by atoms with Crippen molar-refractivity contribution < 1.29 is 4.79 Å². The average molecular weight is 341 g/mol. The summed E-state index contributed by atoms with van der Waals surface area (Å²) in [4.78, 5) is 12.2. The molecule has 3 nitrogen and oxygen atoms in total. The monoisotopic (exact) mass is 340 g/mol. The van der Waals surface area contributed by atoms with Crippen molar-refractivity contribution in [2.24, 2.45) is 0 Å². The molecule has 104 valence electrons. The van der Waals surface area contributed by atoms with E-state index in [9.17, 15) is 4.79 Å². The normalized spacial score (nSPS) is 10.8. The zero-order valence-corrected chi connectivity index (χ0v) is 13.0. The smallest absolute Gasteiger partial charge is 0.266 e. The minimum atomic E-state index is -0.410. The van der Waals surface area contributed by atoms with Crippen LogP contribution in [-0.4, -0.2) is 5.91 Å². The Labute approximate surface area is 132 Å². The molecule has 0 spiro atoms. The molecule has 0 aliphatic heterocycles. The van der Waals surface area contributed by atoms with Crippen LogP contribution in [0.25, 0.3) is 6.08 Å². The van der Waals surface area contributed by atoms with Crippen LogP contribution in [-0.2, 0) is 4.79 Å². The van der Waals surface area contributed by atoms with E-state index in [4.69, 9.17) is 5.26 Å². The number of nitrogens with one attached hydrogen (secondary N) is 1. The van der Waals surface area contributed by atoms with Gasteiger partial charge >= 0.3 is 0 Å². The number of rotatable bonds is 3. The van der Waals surface area contributed by atoms with Crippen LogP contribution in [0.2, 0.25) is 0 Å². The first kappa shape index (κ1) is 15.0. The second-order valence-electron chi connectivity index (χ2n) is 4.49. The lowest BCUT2D eigenvalue weighted by Gasteiger charge is -2.08. The highest BCUT2D eigenvalue weighted by Gasteiger charge is 2.10. The zero-order valence-electron chi connectivity index (χ0n) is 11.4. The fourth-order valence-electron chi connectivity index (χ4n) is 1.82. The molecule has 1 amide bonds. The van der Waals surface area contributed by atoms with E-state index < -0.39 is 5.91 Å². The Kier molecular flexibility index (Phi) is 4.91. The van der Waals surface area contributed by atoms with Gasteiger partial charge in [-0.25, -0.2) is 0 Å². The third-order valence-electron chi connectivity index (χ3n) is 2.91. The number of halogens is 1. The molecule has 0 saturated heterocycles. The van der Waals surface area contributed by atoms with Gasteiger partial charge in [0.25, 0.3) is 5.91 Å². The Morgan fingerprint density at radius 3 is 2.57 bits per heavy atom. The molecular weight excluding hydrogens is 328 g/mol. The molecule has 0 fully saturated rings. The highest BCUT2D eigenvalue weighted by Crippen LogP contribution is 2.20. The molecule has 2 aromatic carbocycles. The molecule has 0 heterocycles. The van der Waals surface area contributed by atoms with E-state index >= 15 is 0 Å². The van der Waals surface area contributed by atoms with Crippen molar-refractivity contribution in [3.05, 3.63) is 69.7 Å². The van der Waals surface area contributed by atoms with E-state index in [0.717, 1.165) is 15.6 Å². The van der Waals surface area contributed by atoms with Crippen LogP contribution in [0, 0.1) is 18.3 Å². The molecule has 0 radical (unpaired) electrons. The molecule has 0 bridgehead atoms. The number of nitrogens with zero attached hydrogens (tertiary/aromatic N) is 1. The third kappa shape index (κ3) is 4.04. The van der Waals surface area contributed by atoms with E-state index in [1.54, 1.807) is 12.1 Å². The Hall–Kier alpha value is -2.38. The molecule has 2 rings (SSSR count). The van der Waals surface area contributed by atoms with Gasteiger partial charge < -0.3 is 5.32 Å². The van der Waals surface area contributed by atoms with Crippen molar-refractivity contribution in [1.29, 1.82) is 5.26 Å². The molecule has 21 heavy (non-hydrogen) atoms. The lowest BCUT2D eigenvalue weighted by molar-refractivity contribution is -0.112. The number of hydrogen-bond acceptors (Lipinski definition) is 2. The zero-order chi connectivity index (χ0) is 15.2. The van der Waals surface area contributed by atoms with Crippen molar-refractivity contribution in [2.75, 3.05) is 5.32 Å². The van der Waals surface area contributed by atoms with Crippen LogP contribution in [0.5, 0.6) is 0 Å². The van der Waals surface area contributed by atoms with Crippen molar-refractivity contribution in [1.82, 2.24) is 0 Å². The van der Waals surface area contributed by atoms with Crippen LogP contribution < -0.4 is 5.32 Å². The Bertz CT molecular complexity index is 730. The third-order valence-corrected chi connectivity index (χ3v) is 3.41. The predicted molar refractivity (Wildman–Crippen MR) is 87.5 cm³/mol. The number of aryl methyl sites for hydroxylation is 1. The molecule has 0 atom stereocenters. The summed E-state index contributed by atoms with van der Waals surface area (Å²) in [6.07, 6.45) is 1.57. The fraction of sp³-hybridized carbons (Fsp3) is 0.0588. The summed E-state index contributed by atoms with van der Waals surface area (Å²) in [5, 5.41) is 11.9. The summed E-state index contributed by atoms with van der Waals surface area (Å²) < 4.78 is 0.943. The first-order valence-electron chi connectivity index (χ1n) is 6.34. The molecular formula is C17H13BrN2O. The maximum Gasteiger partial charge on any atom is 0.266 e. The van der Waals surface area contributed by atoms with Gasteiger partial charge in [0.15, 0.2) is 0 Å². The number of amides is 1. The van der Waals surface area contributed by atoms with Crippen LogP contribution in [0.3, 0.4) is 0 Å². The number of nitriles is 1. The Balaban J connectivity index is 2.22. The van der Waals surface area contributed by atoms with E-state index in [-0.39, 0.29) is 5.57 Å². The average Bonchev–Trinajstić information content (AvgIpc) is 2.48. The largest absolute Gasteiger partial charge is 0.321 e. The second kappa shape index (κ2) is 6.87. The summed E-state index contributed by atoms with van der Waals surface area (Å²) in [6.45, 7) is 1.90. The van der Waals surface area contributed by atoms with Crippen LogP contribution in [0.4, 0.5) is 5.69 Å². The summed E-state index contributed by atoms with van der Waals surface area (Å²) in [5.41, 5.74) is 2.51. The summed E-state index contributed by atoms with van der Waals surface area (Å²) >= 11 is 3.37. The van der Waals surface area contributed by atoms with E-state index in [2.05, 4.69) is 21.2 Å². The molecule has 0 aromatic heterocycles. The van der Waals surface area contributed by atoms with Gasteiger partial charge in [-0.15, -0.1) is 0 Å². The SMILES string of the molecule is Cc1cc(Br)ccc1NC(=O)/C(C#N)=C/c1ccccc1. The number of carbonyl (C=O) groups excluding carboxylic acids is 1. The van der Waals surface area contributed by atoms with Crippen LogP contribution in [0.1, 0.15) is 11.1 Å². The maximum atomic E-state index is 12.2. The van der Waals surface area contributed by atoms with Gasteiger partial charge in [-0.3, -0.25) is 4.79 Å². The van der Waals surface area contributed by atoms with Crippen molar-refractivity contribution in [2.45, 2.75) is 6.92 Å². The minimum absolute atomic E-state index is 0.0727. The first-order chi connectivity index (χ1) is 10.1. The van der Waals surface area contributed by atoms with Gasteiger partial charge in [-0.1, -0.05) is 46.3 Å². The van der Waals surface area contributed by atoms with E-state index in [0.29, 0.717) is 5.69 Å². The van der Waals surface area contributed by atoms with Crippen LogP contribution in [0.15, 0.2) is 58.6 Å². The summed E-state index contributed by atoms with van der Waals surface area (Å²) in [7, 11) is 0. The summed E-state index contributed by atoms with van der Waals surface area (Å²) in [6, 6.07) is 16.8. The maximum absolute atomic E-state index is 12.2. The Morgan fingerprint density at radius 2 is 1.95 bits per heavy atom. The molecule has 0 unspecified atom stereocenters.